The van der Waals surface area contributed by atoms with Crippen LogP contribution in [0.4, 0.5) is 0 Å². The van der Waals surface area contributed by atoms with Gasteiger partial charge in [-0.1, -0.05) is 6.07 Å². The van der Waals surface area contributed by atoms with Crippen LogP contribution in [0.5, 0.6) is 0 Å². The number of pyridine rings is 1. The summed E-state index contributed by atoms with van der Waals surface area (Å²) in [6, 6.07) is 5.54. The second-order valence-corrected chi connectivity index (χ2v) is 3.11. The van der Waals surface area contributed by atoms with Gasteiger partial charge in [-0.25, -0.2) is 4.68 Å². The van der Waals surface area contributed by atoms with Crippen LogP contribution in [0.15, 0.2) is 30.7 Å². The van der Waals surface area contributed by atoms with Crippen LogP contribution >= 0.6 is 0 Å². The fraction of sp³-hybridized carbons (Fsp3) is 0.222. The summed E-state index contributed by atoms with van der Waals surface area (Å²) in [4.78, 5) is 15.5. The second-order valence-electron chi connectivity index (χ2n) is 3.11. The van der Waals surface area contributed by atoms with E-state index < -0.39 is 0 Å². The Balaban J connectivity index is 1.80. The molecule has 0 saturated carbocycles. The molecule has 0 unspecified atom stereocenters. The number of carbonyl (C=O) groups excluding carboxylic acids is 1. The molecule has 82 valence electrons. The highest BCUT2D eigenvalue weighted by atomic mass is 16.2. The van der Waals surface area contributed by atoms with Crippen LogP contribution in [0, 0.1) is 0 Å². The molecule has 2 aromatic heterocycles. The van der Waals surface area contributed by atoms with Crippen molar-refractivity contribution in [3.05, 3.63) is 36.4 Å². The Morgan fingerprint density at radius 2 is 2.38 bits per heavy atom. The Morgan fingerprint density at radius 1 is 1.44 bits per heavy atom. The van der Waals surface area contributed by atoms with E-state index in [2.05, 4.69) is 25.8 Å². The molecule has 0 aliphatic heterocycles. The molecule has 0 bridgehead atoms. The van der Waals surface area contributed by atoms with Crippen LogP contribution in [0.3, 0.4) is 0 Å². The highest BCUT2D eigenvalue weighted by Gasteiger charge is 2.03. The number of carbonyl (C=O) groups is 1. The molecule has 7 nitrogen and oxygen atoms in total. The van der Waals surface area contributed by atoms with Gasteiger partial charge in [0.25, 0.3) is 0 Å². The summed E-state index contributed by atoms with van der Waals surface area (Å²) >= 11 is 0. The summed E-state index contributed by atoms with van der Waals surface area (Å²) in [5.41, 5.74) is 0.813. The van der Waals surface area contributed by atoms with Gasteiger partial charge in [0.1, 0.15) is 12.9 Å². The van der Waals surface area contributed by atoms with Crippen LogP contribution in [0.1, 0.15) is 5.69 Å². The van der Waals surface area contributed by atoms with Gasteiger partial charge in [-0.3, -0.25) is 9.78 Å². The third-order valence-electron chi connectivity index (χ3n) is 1.89. The summed E-state index contributed by atoms with van der Waals surface area (Å²) in [6.45, 7) is 0.516. The molecule has 0 aliphatic rings. The fourth-order valence-corrected chi connectivity index (χ4v) is 1.15. The van der Waals surface area contributed by atoms with Gasteiger partial charge in [0.2, 0.25) is 5.91 Å². The van der Waals surface area contributed by atoms with Gasteiger partial charge >= 0.3 is 0 Å². The smallest absolute Gasteiger partial charge is 0.242 e. The van der Waals surface area contributed by atoms with Gasteiger partial charge in [-0.05, 0) is 22.6 Å². The summed E-state index contributed by atoms with van der Waals surface area (Å²) in [5.74, 6) is -0.155. The van der Waals surface area contributed by atoms with Crippen molar-refractivity contribution in [2.75, 3.05) is 0 Å². The van der Waals surface area contributed by atoms with Crippen molar-refractivity contribution < 1.29 is 4.79 Å². The van der Waals surface area contributed by atoms with Crippen molar-refractivity contribution in [3.8, 4) is 0 Å². The van der Waals surface area contributed by atoms with Crippen molar-refractivity contribution in [3.63, 3.8) is 0 Å². The number of tetrazole rings is 1. The molecule has 0 spiro atoms. The lowest BCUT2D eigenvalue weighted by Crippen LogP contribution is -2.27. The first-order valence-corrected chi connectivity index (χ1v) is 4.72. The molecule has 2 rings (SSSR count). The average Bonchev–Trinajstić information content (AvgIpc) is 2.81. The number of amides is 1. The minimum Gasteiger partial charge on any atom is -0.349 e. The monoisotopic (exact) mass is 218 g/mol. The molecule has 0 saturated heterocycles. The second kappa shape index (κ2) is 4.96. The first-order chi connectivity index (χ1) is 7.84. The highest BCUT2D eigenvalue weighted by Crippen LogP contribution is 1.91. The predicted octanol–water partition coefficient (Wildman–Crippen LogP) is -0.616. The molecule has 1 amide bonds. The van der Waals surface area contributed by atoms with Crippen LogP contribution in [0.2, 0.25) is 0 Å². The maximum absolute atomic E-state index is 11.4. The standard InChI is InChI=1S/C9H10N6O/c16-9(6-15-7-12-13-14-15)11-5-8-3-1-2-4-10-8/h1-4,7H,5-6H2,(H,11,16). The summed E-state index contributed by atoms with van der Waals surface area (Å²) in [5, 5.41) is 13.2. The summed E-state index contributed by atoms with van der Waals surface area (Å²) < 4.78 is 1.35. The minimum atomic E-state index is -0.155. The van der Waals surface area contributed by atoms with E-state index in [4.69, 9.17) is 0 Å². The molecule has 0 radical (unpaired) electrons. The van der Waals surface area contributed by atoms with Crippen molar-refractivity contribution in [1.82, 2.24) is 30.5 Å². The zero-order valence-corrected chi connectivity index (χ0v) is 8.45. The van der Waals surface area contributed by atoms with E-state index in [1.54, 1.807) is 6.20 Å². The van der Waals surface area contributed by atoms with E-state index in [0.29, 0.717) is 6.54 Å². The molecule has 7 heteroatoms. The van der Waals surface area contributed by atoms with Gasteiger partial charge < -0.3 is 5.32 Å². The lowest BCUT2D eigenvalue weighted by atomic mass is 10.3. The summed E-state index contributed by atoms with van der Waals surface area (Å²) in [7, 11) is 0. The average molecular weight is 218 g/mol. The van der Waals surface area contributed by atoms with E-state index >= 15 is 0 Å². The Kier molecular flexibility index (Phi) is 3.17. The molecule has 16 heavy (non-hydrogen) atoms. The highest BCUT2D eigenvalue weighted by molar-refractivity contribution is 5.75. The molecule has 2 aromatic rings. The Morgan fingerprint density at radius 3 is 3.06 bits per heavy atom. The zero-order chi connectivity index (χ0) is 11.2. The number of rotatable bonds is 4. The van der Waals surface area contributed by atoms with E-state index in [-0.39, 0.29) is 12.5 Å². The van der Waals surface area contributed by atoms with Gasteiger partial charge in [0.05, 0.1) is 12.2 Å². The van der Waals surface area contributed by atoms with Gasteiger partial charge in [0, 0.05) is 6.20 Å². The van der Waals surface area contributed by atoms with E-state index in [9.17, 15) is 4.79 Å². The van der Waals surface area contributed by atoms with Gasteiger partial charge in [0.15, 0.2) is 0 Å². The molecular formula is C9H10N6O. The van der Waals surface area contributed by atoms with Gasteiger partial charge in [-0.2, -0.15) is 0 Å². The first-order valence-electron chi connectivity index (χ1n) is 4.72. The number of nitrogens with zero attached hydrogens (tertiary/aromatic N) is 5. The number of hydrogen-bond acceptors (Lipinski definition) is 5. The Hall–Kier alpha value is -2.31. The van der Waals surface area contributed by atoms with Gasteiger partial charge in [-0.15, -0.1) is 5.10 Å². The molecule has 0 aromatic carbocycles. The molecule has 0 fully saturated rings. The third kappa shape index (κ3) is 2.84. The molecular weight excluding hydrogens is 208 g/mol. The zero-order valence-electron chi connectivity index (χ0n) is 8.45. The number of aromatic nitrogens is 5. The van der Waals surface area contributed by atoms with Crippen molar-refractivity contribution in [1.29, 1.82) is 0 Å². The normalized spacial score (nSPS) is 10.0. The Labute approximate surface area is 91.5 Å². The van der Waals surface area contributed by atoms with Crippen molar-refractivity contribution in [2.45, 2.75) is 13.1 Å². The molecule has 2 heterocycles. The van der Waals surface area contributed by atoms with Crippen LogP contribution in [0.25, 0.3) is 0 Å². The van der Waals surface area contributed by atoms with E-state index in [1.165, 1.54) is 11.0 Å². The quantitative estimate of drug-likeness (QED) is 0.739. The third-order valence-corrected chi connectivity index (χ3v) is 1.89. The maximum Gasteiger partial charge on any atom is 0.242 e. The lowest BCUT2D eigenvalue weighted by molar-refractivity contribution is -0.122. The van der Waals surface area contributed by atoms with Crippen LogP contribution in [-0.2, 0) is 17.9 Å². The molecule has 0 atom stereocenters. The SMILES string of the molecule is O=C(Cn1cnnn1)NCc1ccccn1. The van der Waals surface area contributed by atoms with Crippen molar-refractivity contribution >= 4 is 5.91 Å². The lowest BCUT2D eigenvalue weighted by Gasteiger charge is -2.03. The van der Waals surface area contributed by atoms with E-state index in [0.717, 1.165) is 5.69 Å². The number of nitrogens with one attached hydrogen (secondary N) is 1. The summed E-state index contributed by atoms with van der Waals surface area (Å²) in [6.07, 6.45) is 3.07. The molecule has 1 N–H and O–H groups in total. The van der Waals surface area contributed by atoms with Crippen LogP contribution in [-0.4, -0.2) is 31.1 Å². The van der Waals surface area contributed by atoms with Crippen LogP contribution < -0.4 is 5.32 Å². The topological polar surface area (TPSA) is 85.6 Å². The maximum atomic E-state index is 11.4. The predicted molar refractivity (Wildman–Crippen MR) is 53.9 cm³/mol. The first kappa shape index (κ1) is 10.2. The minimum absolute atomic E-state index is 0.111. The fourth-order valence-electron chi connectivity index (χ4n) is 1.15. The Bertz CT molecular complexity index is 440. The molecule has 0 aliphatic carbocycles. The van der Waals surface area contributed by atoms with E-state index in [1.807, 2.05) is 18.2 Å². The number of hydrogen-bond donors (Lipinski definition) is 1. The van der Waals surface area contributed by atoms with Crippen molar-refractivity contribution in [2.24, 2.45) is 0 Å². The largest absolute Gasteiger partial charge is 0.349 e.